The van der Waals surface area contributed by atoms with Gasteiger partial charge in [-0.05, 0) is 44.9 Å². The van der Waals surface area contributed by atoms with E-state index in [9.17, 15) is 4.79 Å². The van der Waals surface area contributed by atoms with Gasteiger partial charge in [-0.1, -0.05) is 37.3 Å². The average molecular weight is 309 g/mol. The Morgan fingerprint density at radius 2 is 1.95 bits per heavy atom. The lowest BCUT2D eigenvalue weighted by Gasteiger charge is -2.38. The second-order valence-electron chi connectivity index (χ2n) is 7.06. The first kappa shape index (κ1) is 15.1. The van der Waals surface area contributed by atoms with Crippen LogP contribution in [0, 0.1) is 17.8 Å². The van der Waals surface area contributed by atoms with Crippen molar-refractivity contribution in [2.24, 2.45) is 17.8 Å². The molecule has 2 aliphatic rings. The van der Waals surface area contributed by atoms with Gasteiger partial charge in [0.1, 0.15) is 5.69 Å². The molecule has 3 rings (SSSR count). The molecule has 0 bridgehead atoms. The number of rotatable bonds is 3. The first-order chi connectivity index (χ1) is 10.1. The number of hydrogen-bond donors (Lipinski definition) is 0. The van der Waals surface area contributed by atoms with Crippen LogP contribution in [0.5, 0.6) is 0 Å². The van der Waals surface area contributed by atoms with E-state index in [-0.39, 0.29) is 17.7 Å². The Morgan fingerprint density at radius 3 is 2.67 bits per heavy atom. The molecule has 1 heterocycles. The molecule has 0 aliphatic heterocycles. The summed E-state index contributed by atoms with van der Waals surface area (Å²) in [6, 6.07) is 0.169. The molecule has 21 heavy (non-hydrogen) atoms. The molecule has 0 amide bonds. The zero-order chi connectivity index (χ0) is 15.0. The van der Waals surface area contributed by atoms with Crippen LogP contribution in [0.3, 0.4) is 0 Å². The Labute approximate surface area is 132 Å². The molecule has 3 unspecified atom stereocenters. The average Bonchev–Trinajstić information content (AvgIpc) is 2.88. The SMILES string of the molecule is CC(C)n1ncc(Cl)c1C(=O)C1CCC2CCCCC2C1. The van der Waals surface area contributed by atoms with E-state index >= 15 is 0 Å². The van der Waals surface area contributed by atoms with Crippen LogP contribution < -0.4 is 0 Å². The van der Waals surface area contributed by atoms with E-state index in [1.165, 1.54) is 32.1 Å². The zero-order valence-electron chi connectivity index (χ0n) is 13.0. The highest BCUT2D eigenvalue weighted by atomic mass is 35.5. The molecule has 3 atom stereocenters. The molecule has 1 aromatic rings. The highest BCUT2D eigenvalue weighted by Crippen LogP contribution is 2.43. The van der Waals surface area contributed by atoms with Gasteiger partial charge in [-0.3, -0.25) is 9.48 Å². The molecule has 0 saturated heterocycles. The molecule has 0 radical (unpaired) electrons. The number of nitrogens with zero attached hydrogens (tertiary/aromatic N) is 2. The highest BCUT2D eigenvalue weighted by molar-refractivity contribution is 6.33. The van der Waals surface area contributed by atoms with Crippen molar-refractivity contribution < 1.29 is 4.79 Å². The summed E-state index contributed by atoms with van der Waals surface area (Å²) in [7, 11) is 0. The fourth-order valence-corrected chi connectivity index (χ4v) is 4.49. The monoisotopic (exact) mass is 308 g/mol. The topological polar surface area (TPSA) is 34.9 Å². The predicted molar refractivity (Wildman–Crippen MR) is 84.7 cm³/mol. The van der Waals surface area contributed by atoms with Crippen molar-refractivity contribution in [3.05, 3.63) is 16.9 Å². The second-order valence-corrected chi connectivity index (χ2v) is 7.47. The molecule has 1 aromatic heterocycles. The standard InChI is InChI=1S/C17H25ClN2O/c1-11(2)20-16(15(18)10-19-20)17(21)14-8-7-12-5-3-4-6-13(12)9-14/h10-14H,3-9H2,1-2H3. The number of carbonyl (C=O) groups is 1. The van der Waals surface area contributed by atoms with Gasteiger partial charge in [-0.2, -0.15) is 5.10 Å². The number of halogens is 1. The third-order valence-corrected chi connectivity index (χ3v) is 5.66. The van der Waals surface area contributed by atoms with E-state index in [2.05, 4.69) is 5.10 Å². The number of Topliss-reactive ketones (excluding diaryl/α,β-unsaturated/α-hetero) is 1. The van der Waals surface area contributed by atoms with Gasteiger partial charge < -0.3 is 0 Å². The van der Waals surface area contributed by atoms with Crippen molar-refractivity contribution in [2.45, 2.75) is 64.8 Å². The van der Waals surface area contributed by atoms with Gasteiger partial charge in [0.25, 0.3) is 0 Å². The van der Waals surface area contributed by atoms with E-state index < -0.39 is 0 Å². The molecule has 2 fully saturated rings. The zero-order valence-corrected chi connectivity index (χ0v) is 13.8. The summed E-state index contributed by atoms with van der Waals surface area (Å²) in [6.45, 7) is 4.08. The molecule has 3 nitrogen and oxygen atoms in total. The minimum atomic E-state index is 0.149. The Kier molecular flexibility index (Phi) is 4.39. The Morgan fingerprint density at radius 1 is 1.24 bits per heavy atom. The van der Waals surface area contributed by atoms with Crippen LogP contribution in [0.4, 0.5) is 0 Å². The lowest BCUT2D eigenvalue weighted by molar-refractivity contribution is 0.0751. The second kappa shape index (κ2) is 6.12. The van der Waals surface area contributed by atoms with Crippen molar-refractivity contribution in [1.82, 2.24) is 9.78 Å². The molecule has 0 aromatic carbocycles. The Hall–Kier alpha value is -0.830. The van der Waals surface area contributed by atoms with Crippen LogP contribution in [-0.4, -0.2) is 15.6 Å². The highest BCUT2D eigenvalue weighted by Gasteiger charge is 2.36. The summed E-state index contributed by atoms with van der Waals surface area (Å²) in [6.07, 6.45) is 10.3. The summed E-state index contributed by atoms with van der Waals surface area (Å²) in [5.41, 5.74) is 0.630. The maximum Gasteiger partial charge on any atom is 0.185 e. The largest absolute Gasteiger partial charge is 0.292 e. The normalized spacial score (nSPS) is 29.4. The molecular formula is C17H25ClN2O. The molecule has 0 spiro atoms. The van der Waals surface area contributed by atoms with Gasteiger partial charge in [0.15, 0.2) is 5.78 Å². The minimum absolute atomic E-state index is 0.149. The number of ketones is 1. The summed E-state index contributed by atoms with van der Waals surface area (Å²) >= 11 is 6.24. The van der Waals surface area contributed by atoms with Gasteiger partial charge in [0, 0.05) is 12.0 Å². The smallest absolute Gasteiger partial charge is 0.185 e. The summed E-state index contributed by atoms with van der Waals surface area (Å²) in [4.78, 5) is 12.9. The fraction of sp³-hybridized carbons (Fsp3) is 0.765. The number of hydrogen-bond acceptors (Lipinski definition) is 2. The number of fused-ring (bicyclic) bond motifs is 1. The van der Waals surface area contributed by atoms with Crippen LogP contribution >= 0.6 is 11.6 Å². The Balaban J connectivity index is 1.78. The van der Waals surface area contributed by atoms with E-state index in [1.54, 1.807) is 10.9 Å². The lowest BCUT2D eigenvalue weighted by atomic mass is 9.66. The molecule has 4 heteroatoms. The van der Waals surface area contributed by atoms with Gasteiger partial charge in [-0.15, -0.1) is 0 Å². The van der Waals surface area contributed by atoms with E-state index in [0.29, 0.717) is 10.7 Å². The van der Waals surface area contributed by atoms with Gasteiger partial charge in [-0.25, -0.2) is 0 Å². The van der Waals surface area contributed by atoms with Gasteiger partial charge >= 0.3 is 0 Å². The molecule has 116 valence electrons. The third-order valence-electron chi connectivity index (χ3n) is 5.38. The van der Waals surface area contributed by atoms with Crippen molar-refractivity contribution in [1.29, 1.82) is 0 Å². The first-order valence-corrected chi connectivity index (χ1v) is 8.73. The van der Waals surface area contributed by atoms with Gasteiger partial charge in [0.05, 0.1) is 11.2 Å². The van der Waals surface area contributed by atoms with Gasteiger partial charge in [0.2, 0.25) is 0 Å². The van der Waals surface area contributed by atoms with Crippen LogP contribution in [0.25, 0.3) is 0 Å². The van der Waals surface area contributed by atoms with Crippen LogP contribution in [-0.2, 0) is 0 Å². The van der Waals surface area contributed by atoms with Crippen molar-refractivity contribution in [3.8, 4) is 0 Å². The summed E-state index contributed by atoms with van der Waals surface area (Å²) in [5, 5.41) is 4.79. The quantitative estimate of drug-likeness (QED) is 0.744. The fourth-order valence-electron chi connectivity index (χ4n) is 4.27. The lowest BCUT2D eigenvalue weighted by Crippen LogP contribution is -2.32. The third kappa shape index (κ3) is 2.90. The van der Waals surface area contributed by atoms with Crippen molar-refractivity contribution in [2.75, 3.05) is 0 Å². The first-order valence-electron chi connectivity index (χ1n) is 8.35. The van der Waals surface area contributed by atoms with Crippen LogP contribution in [0.15, 0.2) is 6.20 Å². The van der Waals surface area contributed by atoms with E-state index in [1.807, 2.05) is 13.8 Å². The van der Waals surface area contributed by atoms with Crippen LogP contribution in [0.1, 0.15) is 75.3 Å². The maximum atomic E-state index is 12.9. The Bertz CT molecular complexity index is 523. The predicted octanol–water partition coefficient (Wildman–Crippen LogP) is 4.91. The summed E-state index contributed by atoms with van der Waals surface area (Å²) < 4.78 is 1.79. The summed E-state index contributed by atoms with van der Waals surface area (Å²) in [5.74, 6) is 2.00. The maximum absolute atomic E-state index is 12.9. The minimum Gasteiger partial charge on any atom is -0.292 e. The van der Waals surface area contributed by atoms with Crippen LogP contribution in [0.2, 0.25) is 5.02 Å². The van der Waals surface area contributed by atoms with E-state index in [0.717, 1.165) is 24.7 Å². The van der Waals surface area contributed by atoms with Crippen molar-refractivity contribution in [3.63, 3.8) is 0 Å². The van der Waals surface area contributed by atoms with Crippen molar-refractivity contribution >= 4 is 17.4 Å². The molecule has 2 saturated carbocycles. The number of carbonyl (C=O) groups excluding carboxylic acids is 1. The molecule has 2 aliphatic carbocycles. The molecular weight excluding hydrogens is 284 g/mol. The number of aromatic nitrogens is 2. The van der Waals surface area contributed by atoms with E-state index in [4.69, 9.17) is 11.6 Å². The molecule has 0 N–H and O–H groups in total.